The van der Waals surface area contributed by atoms with Gasteiger partial charge in [0.15, 0.2) is 0 Å². The van der Waals surface area contributed by atoms with Crippen LogP contribution in [0.5, 0.6) is 0 Å². The molecule has 1 saturated heterocycles. The maximum atomic E-state index is 9.36. The summed E-state index contributed by atoms with van der Waals surface area (Å²) in [7, 11) is 1.81. The molecule has 18 heavy (non-hydrogen) atoms. The second kappa shape index (κ2) is 5.87. The molecule has 1 aliphatic carbocycles. The minimum Gasteiger partial charge on any atom is -0.394 e. The van der Waals surface area contributed by atoms with Crippen molar-refractivity contribution in [3.63, 3.8) is 0 Å². The number of hydrogen-bond donors (Lipinski definition) is 1. The molecule has 1 saturated carbocycles. The Labute approximate surface area is 110 Å². The van der Waals surface area contributed by atoms with Crippen LogP contribution < -0.4 is 0 Å². The predicted octanol–water partition coefficient (Wildman–Crippen LogP) is 1.42. The van der Waals surface area contributed by atoms with Crippen molar-refractivity contribution in [2.24, 2.45) is 0 Å². The molecule has 0 aromatic rings. The van der Waals surface area contributed by atoms with Gasteiger partial charge in [0.2, 0.25) is 0 Å². The second-order valence-corrected chi connectivity index (χ2v) is 6.29. The predicted molar refractivity (Wildman–Crippen MR) is 70.7 cm³/mol. The number of aliphatic hydroxyl groups excluding tert-OH is 1. The molecule has 106 valence electrons. The van der Waals surface area contributed by atoms with E-state index >= 15 is 0 Å². The number of rotatable bonds is 3. The van der Waals surface area contributed by atoms with Crippen LogP contribution in [0.2, 0.25) is 0 Å². The highest BCUT2D eigenvalue weighted by Gasteiger charge is 2.37. The molecule has 0 radical (unpaired) electrons. The van der Waals surface area contributed by atoms with E-state index < -0.39 is 0 Å². The summed E-state index contributed by atoms with van der Waals surface area (Å²) in [6.07, 6.45) is 5.15. The fraction of sp³-hybridized carbons (Fsp3) is 1.00. The van der Waals surface area contributed by atoms with Crippen molar-refractivity contribution in [1.29, 1.82) is 0 Å². The van der Waals surface area contributed by atoms with E-state index in [0.29, 0.717) is 12.1 Å². The molecular formula is C14H27NO3. The lowest BCUT2D eigenvalue weighted by Crippen LogP contribution is -2.57. The molecule has 2 fully saturated rings. The molecule has 0 aromatic carbocycles. The Morgan fingerprint density at radius 1 is 1.39 bits per heavy atom. The summed E-state index contributed by atoms with van der Waals surface area (Å²) in [5.41, 5.74) is -0.161. The molecule has 2 aliphatic rings. The average molecular weight is 257 g/mol. The summed E-state index contributed by atoms with van der Waals surface area (Å²) in [6.45, 7) is 6.13. The SMILES string of the molecule is COC1CCCC(N2CC(CO)OC(C)(C)C2)C1. The monoisotopic (exact) mass is 257 g/mol. The topological polar surface area (TPSA) is 41.9 Å². The molecule has 0 amide bonds. The van der Waals surface area contributed by atoms with E-state index in [-0.39, 0.29) is 18.3 Å². The van der Waals surface area contributed by atoms with Gasteiger partial charge in [0.25, 0.3) is 0 Å². The molecule has 0 spiro atoms. The lowest BCUT2D eigenvalue weighted by Gasteiger charge is -2.47. The van der Waals surface area contributed by atoms with Crippen molar-refractivity contribution in [3.8, 4) is 0 Å². The van der Waals surface area contributed by atoms with E-state index in [1.165, 1.54) is 19.3 Å². The Morgan fingerprint density at radius 2 is 2.17 bits per heavy atom. The van der Waals surface area contributed by atoms with E-state index in [4.69, 9.17) is 9.47 Å². The zero-order chi connectivity index (χ0) is 13.2. The first kappa shape index (κ1) is 14.3. The Bertz CT molecular complexity index is 270. The van der Waals surface area contributed by atoms with Gasteiger partial charge < -0.3 is 14.6 Å². The van der Waals surface area contributed by atoms with Crippen molar-refractivity contribution >= 4 is 0 Å². The quantitative estimate of drug-likeness (QED) is 0.830. The third kappa shape index (κ3) is 3.44. The maximum Gasteiger partial charge on any atom is 0.0940 e. The Balaban J connectivity index is 1.98. The first-order valence-corrected chi connectivity index (χ1v) is 7.09. The molecule has 4 nitrogen and oxygen atoms in total. The smallest absolute Gasteiger partial charge is 0.0940 e. The lowest BCUT2D eigenvalue weighted by atomic mass is 9.90. The van der Waals surface area contributed by atoms with Crippen LogP contribution in [0.25, 0.3) is 0 Å². The zero-order valence-corrected chi connectivity index (χ0v) is 11.9. The van der Waals surface area contributed by atoms with Crippen molar-refractivity contribution in [3.05, 3.63) is 0 Å². The van der Waals surface area contributed by atoms with Gasteiger partial charge in [0, 0.05) is 26.2 Å². The van der Waals surface area contributed by atoms with Gasteiger partial charge in [-0.3, -0.25) is 4.90 Å². The lowest BCUT2D eigenvalue weighted by molar-refractivity contribution is -0.161. The minimum absolute atomic E-state index is 0.0447. The van der Waals surface area contributed by atoms with Gasteiger partial charge in [-0.05, 0) is 39.5 Å². The number of ether oxygens (including phenoxy) is 2. The molecule has 0 aromatic heterocycles. The first-order chi connectivity index (χ1) is 8.54. The van der Waals surface area contributed by atoms with Crippen molar-refractivity contribution in [2.75, 3.05) is 26.8 Å². The Morgan fingerprint density at radius 3 is 2.83 bits per heavy atom. The Hall–Kier alpha value is -0.160. The summed E-state index contributed by atoms with van der Waals surface area (Å²) in [6, 6.07) is 0.584. The maximum absolute atomic E-state index is 9.36. The normalized spacial score (nSPS) is 37.7. The van der Waals surface area contributed by atoms with Crippen LogP contribution in [0.3, 0.4) is 0 Å². The molecule has 1 aliphatic heterocycles. The second-order valence-electron chi connectivity index (χ2n) is 6.29. The van der Waals surface area contributed by atoms with Crippen LogP contribution in [0.1, 0.15) is 39.5 Å². The summed E-state index contributed by atoms with van der Waals surface area (Å²) in [4.78, 5) is 2.50. The highest BCUT2D eigenvalue weighted by atomic mass is 16.5. The average Bonchev–Trinajstić information content (AvgIpc) is 2.37. The summed E-state index contributed by atoms with van der Waals surface area (Å²) in [5.74, 6) is 0. The largest absolute Gasteiger partial charge is 0.394 e. The standard InChI is InChI=1S/C14H27NO3/c1-14(2)10-15(8-13(9-16)18-14)11-5-4-6-12(7-11)17-3/h11-13,16H,4-10H2,1-3H3. The molecule has 0 bridgehead atoms. The summed E-state index contributed by atoms with van der Waals surface area (Å²) in [5, 5.41) is 9.36. The number of methoxy groups -OCH3 is 1. The van der Waals surface area contributed by atoms with Crippen LogP contribution in [0.15, 0.2) is 0 Å². The number of nitrogens with zero attached hydrogens (tertiary/aromatic N) is 1. The van der Waals surface area contributed by atoms with Gasteiger partial charge in [-0.15, -0.1) is 0 Å². The first-order valence-electron chi connectivity index (χ1n) is 7.09. The number of morpholine rings is 1. The highest BCUT2D eigenvalue weighted by molar-refractivity contribution is 4.90. The third-order valence-corrected chi connectivity index (χ3v) is 4.16. The number of aliphatic hydroxyl groups is 1. The van der Waals surface area contributed by atoms with Gasteiger partial charge in [-0.2, -0.15) is 0 Å². The van der Waals surface area contributed by atoms with Crippen LogP contribution >= 0.6 is 0 Å². The molecule has 4 heteroatoms. The van der Waals surface area contributed by atoms with E-state index in [0.717, 1.165) is 19.5 Å². The fourth-order valence-electron chi connectivity index (χ4n) is 3.38. The van der Waals surface area contributed by atoms with Crippen molar-refractivity contribution < 1.29 is 14.6 Å². The van der Waals surface area contributed by atoms with Crippen molar-refractivity contribution in [2.45, 2.75) is 63.4 Å². The summed E-state index contributed by atoms with van der Waals surface area (Å²) >= 11 is 0. The van der Waals surface area contributed by atoms with E-state index in [9.17, 15) is 5.11 Å². The number of hydrogen-bond acceptors (Lipinski definition) is 4. The Kier molecular flexibility index (Phi) is 4.64. The fourth-order valence-corrected chi connectivity index (χ4v) is 3.38. The van der Waals surface area contributed by atoms with Gasteiger partial charge in [-0.25, -0.2) is 0 Å². The molecule has 3 unspecified atom stereocenters. The van der Waals surface area contributed by atoms with Gasteiger partial charge in [0.05, 0.1) is 24.4 Å². The van der Waals surface area contributed by atoms with Crippen LogP contribution in [-0.4, -0.2) is 60.7 Å². The van der Waals surface area contributed by atoms with Gasteiger partial charge in [-0.1, -0.05) is 0 Å². The van der Waals surface area contributed by atoms with E-state index in [1.807, 2.05) is 7.11 Å². The highest BCUT2D eigenvalue weighted by Crippen LogP contribution is 2.29. The summed E-state index contributed by atoms with van der Waals surface area (Å²) < 4.78 is 11.4. The van der Waals surface area contributed by atoms with Crippen LogP contribution in [-0.2, 0) is 9.47 Å². The molecule has 1 N–H and O–H groups in total. The van der Waals surface area contributed by atoms with Gasteiger partial charge in [0.1, 0.15) is 0 Å². The molecule has 2 rings (SSSR count). The molecule has 3 atom stereocenters. The van der Waals surface area contributed by atoms with Crippen LogP contribution in [0, 0.1) is 0 Å². The van der Waals surface area contributed by atoms with Crippen molar-refractivity contribution in [1.82, 2.24) is 4.90 Å². The third-order valence-electron chi connectivity index (χ3n) is 4.16. The minimum atomic E-state index is -0.161. The van der Waals surface area contributed by atoms with E-state index in [1.54, 1.807) is 0 Å². The van der Waals surface area contributed by atoms with Gasteiger partial charge >= 0.3 is 0 Å². The molecule has 1 heterocycles. The van der Waals surface area contributed by atoms with Crippen LogP contribution in [0.4, 0.5) is 0 Å². The zero-order valence-electron chi connectivity index (χ0n) is 11.9. The van der Waals surface area contributed by atoms with E-state index in [2.05, 4.69) is 18.7 Å². The molecular weight excluding hydrogens is 230 g/mol.